The molecule has 1 aliphatic rings. The molecule has 2 amide bonds. The van der Waals surface area contributed by atoms with E-state index in [0.717, 1.165) is 34.3 Å². The summed E-state index contributed by atoms with van der Waals surface area (Å²) in [6.07, 6.45) is 0.658. The molecule has 3 aromatic carbocycles. The highest BCUT2D eigenvalue weighted by atomic mass is 19.1. The molecule has 0 radical (unpaired) electrons. The quantitative estimate of drug-likeness (QED) is 0.440. The monoisotopic (exact) mass is 433 g/mol. The highest BCUT2D eigenvalue weighted by molar-refractivity contribution is 5.91. The molecule has 0 bridgehead atoms. The summed E-state index contributed by atoms with van der Waals surface area (Å²) >= 11 is 0. The Balaban J connectivity index is 1.56. The number of hydrogen-bond acceptors (Lipinski definition) is 2. The van der Waals surface area contributed by atoms with Gasteiger partial charge in [0.2, 0.25) is 0 Å². The van der Waals surface area contributed by atoms with Crippen molar-refractivity contribution in [3.05, 3.63) is 95.2 Å². The van der Waals surface area contributed by atoms with Gasteiger partial charge in [0, 0.05) is 29.2 Å². The number of hydrogen-bond donors (Lipinski definition) is 2. The van der Waals surface area contributed by atoms with E-state index in [1.54, 1.807) is 12.0 Å². The number of carbonyl (C=O) groups is 1. The number of nitrogens with one attached hydrogen (secondary N) is 2. The fourth-order valence-corrected chi connectivity index (χ4v) is 4.37. The number of aromatic amines is 1. The average Bonchev–Trinajstić information content (AvgIpc) is 3.19. The van der Waals surface area contributed by atoms with Crippen LogP contribution in [-0.4, -0.2) is 29.6 Å². The van der Waals surface area contributed by atoms with E-state index in [0.29, 0.717) is 18.7 Å². The molecule has 7 heteroatoms. The normalized spacial score (nSPS) is 15.5. The molecule has 1 atom stereocenters. The molecule has 0 aliphatic carbocycles. The van der Waals surface area contributed by atoms with Crippen LogP contribution in [0.1, 0.15) is 22.9 Å². The van der Waals surface area contributed by atoms with Crippen LogP contribution in [0.2, 0.25) is 0 Å². The number of para-hydroxylation sites is 1. The molecule has 32 heavy (non-hydrogen) atoms. The van der Waals surface area contributed by atoms with E-state index in [9.17, 15) is 13.6 Å². The molecule has 1 unspecified atom stereocenters. The van der Waals surface area contributed by atoms with E-state index in [-0.39, 0.29) is 5.69 Å². The summed E-state index contributed by atoms with van der Waals surface area (Å²) < 4.78 is 32.7. The summed E-state index contributed by atoms with van der Waals surface area (Å²) in [5, 5.41) is 3.73. The van der Waals surface area contributed by atoms with Gasteiger partial charge in [-0.05, 0) is 47.9 Å². The van der Waals surface area contributed by atoms with Gasteiger partial charge in [-0.15, -0.1) is 0 Å². The van der Waals surface area contributed by atoms with Gasteiger partial charge in [0.05, 0.1) is 18.8 Å². The van der Waals surface area contributed by atoms with Gasteiger partial charge in [0.1, 0.15) is 17.4 Å². The van der Waals surface area contributed by atoms with Crippen molar-refractivity contribution in [3.8, 4) is 5.75 Å². The summed E-state index contributed by atoms with van der Waals surface area (Å²) in [7, 11) is 1.60. The van der Waals surface area contributed by atoms with Gasteiger partial charge >= 0.3 is 6.03 Å². The minimum Gasteiger partial charge on any atom is -0.497 e. The molecule has 2 heterocycles. The first-order chi connectivity index (χ1) is 15.5. The lowest BCUT2D eigenvalue weighted by molar-refractivity contribution is 0.193. The van der Waals surface area contributed by atoms with Crippen LogP contribution < -0.4 is 10.1 Å². The van der Waals surface area contributed by atoms with Crippen molar-refractivity contribution in [1.29, 1.82) is 0 Å². The van der Waals surface area contributed by atoms with Gasteiger partial charge in [0.15, 0.2) is 0 Å². The zero-order chi connectivity index (χ0) is 22.2. The average molecular weight is 433 g/mol. The Hall–Kier alpha value is -3.87. The number of nitrogens with zero attached hydrogens (tertiary/aromatic N) is 1. The number of aromatic nitrogens is 1. The predicted molar refractivity (Wildman–Crippen MR) is 119 cm³/mol. The number of carbonyl (C=O) groups excluding carboxylic acids is 1. The maximum atomic E-state index is 14.2. The number of ether oxygens (including phenoxy) is 1. The van der Waals surface area contributed by atoms with Crippen LogP contribution in [-0.2, 0) is 6.42 Å². The molecular formula is C25H21F2N3O2. The van der Waals surface area contributed by atoms with Crippen LogP contribution in [0.5, 0.6) is 5.75 Å². The molecule has 0 fully saturated rings. The Labute approximate surface area is 183 Å². The molecular weight excluding hydrogens is 412 g/mol. The van der Waals surface area contributed by atoms with E-state index in [4.69, 9.17) is 4.74 Å². The first-order valence-corrected chi connectivity index (χ1v) is 10.3. The summed E-state index contributed by atoms with van der Waals surface area (Å²) in [5.74, 6) is -0.800. The summed E-state index contributed by atoms with van der Waals surface area (Å²) in [5.41, 5.74) is 3.93. The van der Waals surface area contributed by atoms with Crippen LogP contribution in [0.15, 0.2) is 66.7 Å². The summed E-state index contributed by atoms with van der Waals surface area (Å²) in [6, 6.07) is 17.8. The molecule has 0 saturated carbocycles. The lowest BCUT2D eigenvalue weighted by Crippen LogP contribution is -2.43. The Bertz CT molecular complexity index is 1300. The fraction of sp³-hybridized carbons (Fsp3) is 0.160. The molecule has 1 aromatic heterocycles. The van der Waals surface area contributed by atoms with Crippen molar-refractivity contribution in [3.63, 3.8) is 0 Å². The van der Waals surface area contributed by atoms with Crippen molar-refractivity contribution < 1.29 is 18.3 Å². The Kier molecular flexibility index (Phi) is 5.01. The number of amides is 2. The number of benzene rings is 3. The first-order valence-electron chi connectivity index (χ1n) is 10.3. The largest absolute Gasteiger partial charge is 0.497 e. The van der Waals surface area contributed by atoms with Gasteiger partial charge in [-0.1, -0.05) is 30.3 Å². The maximum absolute atomic E-state index is 14.2. The SMILES string of the molecule is COc1ccc(C2c3[nH]c4ccccc4c3CCN2C(=O)Nc2ccc(F)cc2F)cc1. The Morgan fingerprint density at radius 3 is 2.62 bits per heavy atom. The number of fused-ring (bicyclic) bond motifs is 3. The van der Waals surface area contributed by atoms with Gasteiger partial charge in [-0.3, -0.25) is 0 Å². The second kappa shape index (κ2) is 8.00. The smallest absolute Gasteiger partial charge is 0.322 e. The number of rotatable bonds is 3. The van der Waals surface area contributed by atoms with Gasteiger partial charge in [-0.25, -0.2) is 13.6 Å². The highest BCUT2D eigenvalue weighted by Crippen LogP contribution is 2.39. The van der Waals surface area contributed by atoms with E-state index < -0.39 is 23.7 Å². The van der Waals surface area contributed by atoms with Crippen molar-refractivity contribution in [2.45, 2.75) is 12.5 Å². The highest BCUT2D eigenvalue weighted by Gasteiger charge is 2.34. The fourth-order valence-electron chi connectivity index (χ4n) is 4.37. The maximum Gasteiger partial charge on any atom is 0.322 e. The third-order valence-corrected chi connectivity index (χ3v) is 5.90. The standard InChI is InChI=1S/C25H21F2N3O2/c1-32-17-9-6-15(7-10-17)24-23-19(18-4-2-3-5-21(18)28-23)12-13-30(24)25(31)29-22-11-8-16(26)14-20(22)27/h2-11,14,24,28H,12-13H2,1H3,(H,29,31). The summed E-state index contributed by atoms with van der Waals surface area (Å²) in [6.45, 7) is 0.445. The minimum atomic E-state index is -0.817. The van der Waals surface area contributed by atoms with Crippen molar-refractivity contribution in [2.24, 2.45) is 0 Å². The third-order valence-electron chi connectivity index (χ3n) is 5.90. The molecule has 5 nitrogen and oxygen atoms in total. The molecule has 1 aliphatic heterocycles. The molecule has 0 spiro atoms. The number of urea groups is 1. The van der Waals surface area contributed by atoms with Crippen molar-refractivity contribution in [2.75, 3.05) is 19.0 Å². The number of methoxy groups -OCH3 is 1. The number of halogens is 2. The molecule has 162 valence electrons. The van der Waals surface area contributed by atoms with Crippen LogP contribution in [0, 0.1) is 11.6 Å². The zero-order valence-corrected chi connectivity index (χ0v) is 17.4. The number of anilines is 1. The lowest BCUT2D eigenvalue weighted by atomic mass is 9.92. The second-order valence-electron chi connectivity index (χ2n) is 7.74. The van der Waals surface area contributed by atoms with Crippen LogP contribution >= 0.6 is 0 Å². The van der Waals surface area contributed by atoms with Gasteiger partial charge in [0.25, 0.3) is 0 Å². The minimum absolute atomic E-state index is 0.0627. The van der Waals surface area contributed by atoms with Crippen molar-refractivity contribution >= 4 is 22.6 Å². The molecule has 5 rings (SSSR count). The Morgan fingerprint density at radius 2 is 1.88 bits per heavy atom. The first kappa shape index (κ1) is 20.1. The van der Waals surface area contributed by atoms with Crippen LogP contribution in [0.25, 0.3) is 10.9 Å². The van der Waals surface area contributed by atoms with E-state index in [1.165, 1.54) is 11.6 Å². The van der Waals surface area contributed by atoms with Crippen molar-refractivity contribution in [1.82, 2.24) is 9.88 Å². The van der Waals surface area contributed by atoms with E-state index in [2.05, 4.69) is 16.4 Å². The zero-order valence-electron chi connectivity index (χ0n) is 17.4. The van der Waals surface area contributed by atoms with E-state index in [1.807, 2.05) is 42.5 Å². The molecule has 2 N–H and O–H groups in total. The van der Waals surface area contributed by atoms with Gasteiger partial charge < -0.3 is 19.9 Å². The predicted octanol–water partition coefficient (Wildman–Crippen LogP) is 5.63. The topological polar surface area (TPSA) is 57.4 Å². The van der Waals surface area contributed by atoms with Gasteiger partial charge in [-0.2, -0.15) is 0 Å². The molecule has 4 aromatic rings. The lowest BCUT2D eigenvalue weighted by Gasteiger charge is -2.36. The van der Waals surface area contributed by atoms with Crippen LogP contribution in [0.4, 0.5) is 19.3 Å². The molecule has 0 saturated heterocycles. The Morgan fingerprint density at radius 1 is 1.09 bits per heavy atom. The van der Waals surface area contributed by atoms with E-state index >= 15 is 0 Å². The summed E-state index contributed by atoms with van der Waals surface area (Å²) in [4.78, 5) is 18.4. The third kappa shape index (κ3) is 3.45. The van der Waals surface area contributed by atoms with Crippen LogP contribution in [0.3, 0.4) is 0 Å². The number of H-pyrrole nitrogens is 1. The second-order valence-corrected chi connectivity index (χ2v) is 7.74.